The predicted molar refractivity (Wildman–Crippen MR) is 84.7 cm³/mol. The number of hydrogen-bond acceptors (Lipinski definition) is 4. The summed E-state index contributed by atoms with van der Waals surface area (Å²) < 4.78 is 27.3. The van der Waals surface area contributed by atoms with Crippen LogP contribution < -0.4 is 10.5 Å². The van der Waals surface area contributed by atoms with E-state index >= 15 is 0 Å². The standard InChI is InChI=1S/C15H25N3O2S/c1-18-11-3-2-4-14(18)12-17-21(19,20)15-7-5-13(6-8-15)9-10-16/h5-8,14,17H,2-4,9-12,16H2,1H3. The van der Waals surface area contributed by atoms with Crippen LogP contribution in [0, 0.1) is 0 Å². The minimum Gasteiger partial charge on any atom is -0.330 e. The summed E-state index contributed by atoms with van der Waals surface area (Å²) in [6.45, 7) is 2.09. The van der Waals surface area contributed by atoms with E-state index in [1.54, 1.807) is 12.1 Å². The second-order valence-electron chi connectivity index (χ2n) is 5.66. The van der Waals surface area contributed by atoms with E-state index < -0.39 is 10.0 Å². The molecule has 1 fully saturated rings. The quantitative estimate of drug-likeness (QED) is 0.820. The van der Waals surface area contributed by atoms with Gasteiger partial charge in [0.15, 0.2) is 0 Å². The van der Waals surface area contributed by atoms with Crippen LogP contribution in [0.5, 0.6) is 0 Å². The smallest absolute Gasteiger partial charge is 0.240 e. The van der Waals surface area contributed by atoms with Crippen LogP contribution in [0.4, 0.5) is 0 Å². The second kappa shape index (κ2) is 7.35. The van der Waals surface area contributed by atoms with Crippen molar-refractivity contribution < 1.29 is 8.42 Å². The molecule has 0 spiro atoms. The lowest BCUT2D eigenvalue weighted by Gasteiger charge is -2.32. The Bertz CT molecular complexity index is 543. The monoisotopic (exact) mass is 311 g/mol. The molecule has 1 aliphatic rings. The summed E-state index contributed by atoms with van der Waals surface area (Å²) in [7, 11) is -1.37. The molecule has 1 aromatic rings. The number of piperidine rings is 1. The SMILES string of the molecule is CN1CCCCC1CNS(=O)(=O)c1ccc(CCN)cc1. The first-order valence-corrected chi connectivity index (χ1v) is 9.00. The molecule has 6 heteroatoms. The Morgan fingerprint density at radius 2 is 2.00 bits per heavy atom. The zero-order valence-electron chi connectivity index (χ0n) is 12.6. The molecule has 0 bridgehead atoms. The van der Waals surface area contributed by atoms with E-state index in [4.69, 9.17) is 5.73 Å². The van der Waals surface area contributed by atoms with Gasteiger partial charge in [-0.05, 0) is 57.1 Å². The maximum absolute atomic E-state index is 12.3. The van der Waals surface area contributed by atoms with Gasteiger partial charge in [0.25, 0.3) is 0 Å². The first-order chi connectivity index (χ1) is 10.0. The van der Waals surface area contributed by atoms with Crippen molar-refractivity contribution in [3.05, 3.63) is 29.8 Å². The molecule has 2 rings (SSSR count). The van der Waals surface area contributed by atoms with E-state index in [0.29, 0.717) is 24.0 Å². The van der Waals surface area contributed by atoms with Crippen LogP contribution in [-0.2, 0) is 16.4 Å². The topological polar surface area (TPSA) is 75.4 Å². The van der Waals surface area contributed by atoms with Crippen molar-refractivity contribution in [1.29, 1.82) is 0 Å². The Morgan fingerprint density at radius 3 is 2.62 bits per heavy atom. The molecule has 0 amide bonds. The molecule has 0 saturated carbocycles. The van der Waals surface area contributed by atoms with Crippen molar-refractivity contribution in [2.75, 3.05) is 26.7 Å². The van der Waals surface area contributed by atoms with E-state index in [-0.39, 0.29) is 0 Å². The summed E-state index contributed by atoms with van der Waals surface area (Å²) in [5.41, 5.74) is 6.55. The van der Waals surface area contributed by atoms with Gasteiger partial charge in [-0.25, -0.2) is 13.1 Å². The second-order valence-corrected chi connectivity index (χ2v) is 7.43. The molecule has 0 aromatic heterocycles. The molecule has 1 heterocycles. The lowest BCUT2D eigenvalue weighted by Crippen LogP contribution is -2.44. The number of benzene rings is 1. The van der Waals surface area contributed by atoms with Crippen molar-refractivity contribution in [1.82, 2.24) is 9.62 Å². The third kappa shape index (κ3) is 4.51. The van der Waals surface area contributed by atoms with Gasteiger partial charge in [0.2, 0.25) is 10.0 Å². The van der Waals surface area contributed by atoms with E-state index in [1.807, 2.05) is 12.1 Å². The maximum Gasteiger partial charge on any atom is 0.240 e. The summed E-state index contributed by atoms with van der Waals surface area (Å²) >= 11 is 0. The van der Waals surface area contributed by atoms with Crippen LogP contribution in [0.1, 0.15) is 24.8 Å². The lowest BCUT2D eigenvalue weighted by atomic mass is 10.0. The number of nitrogens with one attached hydrogen (secondary N) is 1. The van der Waals surface area contributed by atoms with Crippen LogP contribution in [0.15, 0.2) is 29.2 Å². The zero-order valence-corrected chi connectivity index (χ0v) is 13.4. The van der Waals surface area contributed by atoms with Crippen molar-refractivity contribution >= 4 is 10.0 Å². The summed E-state index contributed by atoms with van der Waals surface area (Å²) in [5.74, 6) is 0. The Kier molecular flexibility index (Phi) is 5.75. The molecule has 1 aromatic carbocycles. The fourth-order valence-electron chi connectivity index (χ4n) is 2.69. The van der Waals surface area contributed by atoms with E-state index in [0.717, 1.165) is 24.9 Å². The normalized spacial score (nSPS) is 20.6. The summed E-state index contributed by atoms with van der Waals surface area (Å²) in [4.78, 5) is 2.55. The summed E-state index contributed by atoms with van der Waals surface area (Å²) in [6.07, 6.45) is 4.18. The van der Waals surface area contributed by atoms with Gasteiger partial charge in [-0.2, -0.15) is 0 Å². The molecular weight excluding hydrogens is 286 g/mol. The number of sulfonamides is 1. The number of hydrogen-bond donors (Lipinski definition) is 2. The molecule has 1 saturated heterocycles. The molecule has 1 unspecified atom stereocenters. The molecule has 0 radical (unpaired) electrons. The third-order valence-electron chi connectivity index (χ3n) is 4.10. The van der Waals surface area contributed by atoms with Gasteiger partial charge in [0, 0.05) is 12.6 Å². The molecule has 21 heavy (non-hydrogen) atoms. The molecule has 3 N–H and O–H groups in total. The van der Waals surface area contributed by atoms with Crippen LogP contribution in [0.25, 0.3) is 0 Å². The maximum atomic E-state index is 12.3. The molecular formula is C15H25N3O2S. The molecule has 1 atom stereocenters. The van der Waals surface area contributed by atoms with Gasteiger partial charge in [-0.1, -0.05) is 18.6 Å². The minimum absolute atomic E-state index is 0.296. The van der Waals surface area contributed by atoms with Gasteiger partial charge in [0.05, 0.1) is 4.90 Å². The molecule has 5 nitrogen and oxygen atoms in total. The Balaban J connectivity index is 1.97. The van der Waals surface area contributed by atoms with Gasteiger partial charge >= 0.3 is 0 Å². The van der Waals surface area contributed by atoms with Crippen LogP contribution in [0.2, 0.25) is 0 Å². The molecule has 0 aliphatic carbocycles. The van der Waals surface area contributed by atoms with E-state index in [1.165, 1.54) is 12.8 Å². The van der Waals surface area contributed by atoms with Crippen molar-refractivity contribution in [2.24, 2.45) is 5.73 Å². The van der Waals surface area contributed by atoms with Crippen molar-refractivity contribution in [3.63, 3.8) is 0 Å². The van der Waals surface area contributed by atoms with Gasteiger partial charge < -0.3 is 10.6 Å². The molecule has 118 valence electrons. The van der Waals surface area contributed by atoms with Gasteiger partial charge in [0.1, 0.15) is 0 Å². The third-order valence-corrected chi connectivity index (χ3v) is 5.54. The fourth-order valence-corrected chi connectivity index (χ4v) is 3.77. The first-order valence-electron chi connectivity index (χ1n) is 7.52. The van der Waals surface area contributed by atoms with Gasteiger partial charge in [-0.3, -0.25) is 0 Å². The highest BCUT2D eigenvalue weighted by Gasteiger charge is 2.21. The first kappa shape index (κ1) is 16.4. The number of rotatable bonds is 6. The van der Waals surface area contributed by atoms with Gasteiger partial charge in [-0.15, -0.1) is 0 Å². The Morgan fingerprint density at radius 1 is 1.29 bits per heavy atom. The number of nitrogens with two attached hydrogens (primary N) is 1. The van der Waals surface area contributed by atoms with E-state index in [9.17, 15) is 8.42 Å². The largest absolute Gasteiger partial charge is 0.330 e. The highest BCUT2D eigenvalue weighted by atomic mass is 32.2. The highest BCUT2D eigenvalue weighted by Crippen LogP contribution is 2.16. The predicted octanol–water partition coefficient (Wildman–Crippen LogP) is 0.950. The van der Waals surface area contributed by atoms with Crippen molar-refractivity contribution in [2.45, 2.75) is 36.6 Å². The highest BCUT2D eigenvalue weighted by molar-refractivity contribution is 7.89. The summed E-state index contributed by atoms with van der Waals surface area (Å²) in [5, 5.41) is 0. The van der Waals surface area contributed by atoms with Crippen LogP contribution in [-0.4, -0.2) is 46.0 Å². The minimum atomic E-state index is -3.42. The van der Waals surface area contributed by atoms with Crippen LogP contribution in [0.3, 0.4) is 0 Å². The number of likely N-dealkylation sites (N-methyl/N-ethyl adjacent to an activating group) is 1. The molecule has 1 aliphatic heterocycles. The van der Waals surface area contributed by atoms with E-state index in [2.05, 4.69) is 16.7 Å². The Labute approximate surface area is 127 Å². The fraction of sp³-hybridized carbons (Fsp3) is 0.600. The summed E-state index contributed by atoms with van der Waals surface area (Å²) in [6, 6.07) is 7.25. The number of likely N-dealkylation sites (tertiary alicyclic amines) is 1. The number of nitrogens with zero attached hydrogens (tertiary/aromatic N) is 1. The van der Waals surface area contributed by atoms with Crippen molar-refractivity contribution in [3.8, 4) is 0 Å². The zero-order chi connectivity index (χ0) is 15.3. The Hall–Kier alpha value is -0.950. The van der Waals surface area contributed by atoms with Crippen LogP contribution >= 0.6 is 0 Å². The lowest BCUT2D eigenvalue weighted by molar-refractivity contribution is 0.187. The average molecular weight is 311 g/mol. The average Bonchev–Trinajstić information content (AvgIpc) is 2.47.